The summed E-state index contributed by atoms with van der Waals surface area (Å²) in [6.45, 7) is 1.87. The lowest BCUT2D eigenvalue weighted by Gasteiger charge is -2.19. The lowest BCUT2D eigenvalue weighted by molar-refractivity contribution is 0.334. The minimum absolute atomic E-state index is 0.0181. The van der Waals surface area contributed by atoms with E-state index in [0.717, 1.165) is 32.4 Å². The summed E-state index contributed by atoms with van der Waals surface area (Å²) in [5.41, 5.74) is 0.656. The first-order chi connectivity index (χ1) is 14.8. The van der Waals surface area contributed by atoms with Gasteiger partial charge in [0.05, 0.1) is 22.6 Å². The van der Waals surface area contributed by atoms with Crippen molar-refractivity contribution in [2.45, 2.75) is 31.7 Å². The van der Waals surface area contributed by atoms with Gasteiger partial charge in [-0.15, -0.1) is 0 Å². The molecule has 0 saturated carbocycles. The second kappa shape index (κ2) is 7.83. The minimum Gasteiger partial charge on any atom is -0.306 e. The molecule has 1 aliphatic rings. The third-order valence-electron chi connectivity index (χ3n) is 5.16. The van der Waals surface area contributed by atoms with Crippen LogP contribution in [0.2, 0.25) is 5.02 Å². The third-order valence-corrected chi connectivity index (χ3v) is 5.35. The van der Waals surface area contributed by atoms with E-state index in [4.69, 9.17) is 22.2 Å². The van der Waals surface area contributed by atoms with Crippen molar-refractivity contribution in [3.05, 3.63) is 75.1 Å². The quantitative estimate of drug-likeness (QED) is 0.674. The van der Waals surface area contributed by atoms with Gasteiger partial charge in [0, 0.05) is 16.8 Å². The van der Waals surface area contributed by atoms with E-state index in [2.05, 4.69) is 11.9 Å². The van der Waals surface area contributed by atoms with Gasteiger partial charge in [-0.1, -0.05) is 41.9 Å². The highest BCUT2D eigenvalue weighted by atomic mass is 35.5. The van der Waals surface area contributed by atoms with Gasteiger partial charge in [-0.05, 0) is 63.1 Å². The molecule has 4 rings (SSSR count). The first-order valence-electron chi connectivity index (χ1n) is 11.2. The van der Waals surface area contributed by atoms with Gasteiger partial charge < -0.3 is 4.90 Å². The molecule has 3 aromatic rings. The van der Waals surface area contributed by atoms with Crippen LogP contribution in [0.3, 0.4) is 0 Å². The van der Waals surface area contributed by atoms with E-state index in [-0.39, 0.29) is 52.8 Å². The Bertz CT molecular complexity index is 1180. The zero-order valence-electron chi connectivity index (χ0n) is 19.3. The lowest BCUT2D eigenvalue weighted by atomic mass is 10.0. The lowest BCUT2D eigenvalue weighted by Crippen LogP contribution is -2.29. The average Bonchev–Trinajstić information content (AvgIpc) is 3.00. The smallest absolute Gasteiger partial charge is 0.274 e. The summed E-state index contributed by atoms with van der Waals surface area (Å²) >= 11 is 5.95. The molecule has 1 atom stereocenters. The van der Waals surface area contributed by atoms with Crippen LogP contribution in [0.15, 0.2) is 53.2 Å². The van der Waals surface area contributed by atoms with Gasteiger partial charge >= 0.3 is 0 Å². The van der Waals surface area contributed by atoms with Crippen LogP contribution in [0.1, 0.15) is 42.0 Å². The Morgan fingerprint density at radius 3 is 2.67 bits per heavy atom. The Kier molecular flexibility index (Phi) is 4.04. The van der Waals surface area contributed by atoms with Gasteiger partial charge in [-0.2, -0.15) is 5.10 Å². The normalized spacial score (nSPS) is 20.6. The maximum atomic E-state index is 13.2. The molecule has 0 radical (unpaired) electrons. The van der Waals surface area contributed by atoms with Crippen LogP contribution in [-0.2, 0) is 6.42 Å². The van der Waals surface area contributed by atoms with Crippen LogP contribution in [0, 0.1) is 0 Å². The number of hydrogen-bond acceptors (Lipinski definition) is 3. The van der Waals surface area contributed by atoms with E-state index in [9.17, 15) is 4.79 Å². The number of likely N-dealkylation sites (tertiary alicyclic amines) is 1. The second-order valence-electron chi connectivity index (χ2n) is 7.10. The Hall–Kier alpha value is -2.17. The maximum Gasteiger partial charge on any atom is 0.274 e. The number of hydrogen-bond donors (Lipinski definition) is 0. The molecular weight excluding hydrogens is 358 g/mol. The van der Waals surface area contributed by atoms with Crippen LogP contribution in [0.25, 0.3) is 10.8 Å². The fourth-order valence-electron chi connectivity index (χ4n) is 3.70. The van der Waals surface area contributed by atoms with Crippen molar-refractivity contribution in [1.29, 1.82) is 0 Å². The highest BCUT2D eigenvalue weighted by Gasteiger charge is 2.21. The first-order valence-corrected chi connectivity index (χ1v) is 9.61. The monoisotopic (exact) mass is 385 g/mol. The summed E-state index contributed by atoms with van der Waals surface area (Å²) in [5, 5.41) is 5.74. The zero-order chi connectivity index (χ0) is 22.3. The molecule has 1 aromatic heterocycles. The van der Waals surface area contributed by atoms with E-state index >= 15 is 0 Å². The van der Waals surface area contributed by atoms with Gasteiger partial charge in [-0.3, -0.25) is 4.79 Å². The number of benzene rings is 2. The van der Waals surface area contributed by atoms with Gasteiger partial charge in [0.2, 0.25) is 0 Å². The summed E-state index contributed by atoms with van der Waals surface area (Å²) in [7, 11) is 2.08. The fourth-order valence-corrected chi connectivity index (χ4v) is 3.79. The summed E-state index contributed by atoms with van der Waals surface area (Å²) in [5.74, 6) is 0. The molecule has 0 amide bonds. The Morgan fingerprint density at radius 1 is 1.15 bits per heavy atom. The molecule has 0 bridgehead atoms. The predicted octanol–water partition coefficient (Wildman–Crippen LogP) is 4.30. The fraction of sp³-hybridized carbons (Fsp3) is 0.364. The molecule has 140 valence electrons. The van der Waals surface area contributed by atoms with Crippen molar-refractivity contribution < 1.29 is 5.48 Å². The SMILES string of the molecule is [2H]c1c([2H])c(Cc2nn(C3CCCN(C)CC3)c(=O)c3ccccc23)c([2H])c([2H])c1Cl. The van der Waals surface area contributed by atoms with E-state index in [0.29, 0.717) is 16.5 Å². The topological polar surface area (TPSA) is 38.1 Å². The number of fused-ring (bicyclic) bond motifs is 1. The largest absolute Gasteiger partial charge is 0.306 e. The molecular formula is C22H24ClN3O. The van der Waals surface area contributed by atoms with E-state index < -0.39 is 0 Å². The van der Waals surface area contributed by atoms with E-state index in [1.165, 1.54) is 0 Å². The summed E-state index contributed by atoms with van der Waals surface area (Å²) in [6.07, 6.45) is 2.74. The zero-order valence-corrected chi connectivity index (χ0v) is 16.0. The molecule has 5 heteroatoms. The van der Waals surface area contributed by atoms with Crippen molar-refractivity contribution in [3.8, 4) is 0 Å². The molecule has 1 fully saturated rings. The Labute approximate surface area is 170 Å². The highest BCUT2D eigenvalue weighted by Crippen LogP contribution is 2.23. The van der Waals surface area contributed by atoms with Crippen molar-refractivity contribution in [2.24, 2.45) is 0 Å². The van der Waals surface area contributed by atoms with Gasteiger partial charge in [0.1, 0.15) is 0 Å². The van der Waals surface area contributed by atoms with Crippen LogP contribution < -0.4 is 5.56 Å². The molecule has 2 aromatic carbocycles. The van der Waals surface area contributed by atoms with E-state index in [1.54, 1.807) is 10.7 Å². The molecule has 27 heavy (non-hydrogen) atoms. The summed E-state index contributed by atoms with van der Waals surface area (Å²) < 4.78 is 34.2. The molecule has 2 heterocycles. The number of aromatic nitrogens is 2. The van der Waals surface area contributed by atoms with Crippen LogP contribution in [0.5, 0.6) is 0 Å². The van der Waals surface area contributed by atoms with Crippen molar-refractivity contribution in [2.75, 3.05) is 20.1 Å². The molecule has 1 saturated heterocycles. The highest BCUT2D eigenvalue weighted by molar-refractivity contribution is 6.30. The molecule has 4 nitrogen and oxygen atoms in total. The number of rotatable bonds is 3. The van der Waals surface area contributed by atoms with Gasteiger partial charge in [0.25, 0.3) is 5.56 Å². The minimum atomic E-state index is -0.262. The Balaban J connectivity index is 1.87. The van der Waals surface area contributed by atoms with Crippen molar-refractivity contribution in [1.82, 2.24) is 14.7 Å². The summed E-state index contributed by atoms with van der Waals surface area (Å²) in [4.78, 5) is 15.5. The van der Waals surface area contributed by atoms with Crippen LogP contribution >= 0.6 is 11.6 Å². The maximum absolute atomic E-state index is 13.2. The Morgan fingerprint density at radius 2 is 1.89 bits per heavy atom. The second-order valence-corrected chi connectivity index (χ2v) is 7.48. The molecule has 1 aliphatic heterocycles. The standard InChI is InChI=1S/C22H24ClN3O/c1-25-13-4-5-18(12-14-25)26-22(27)20-7-3-2-6-19(20)21(24-26)15-16-8-10-17(23)11-9-16/h2-3,6-11,18H,4-5,12-15H2,1H3/i8D,9D,10D,11D. The first kappa shape index (κ1) is 13.9. The molecule has 1 unspecified atom stereocenters. The number of halogens is 1. The van der Waals surface area contributed by atoms with E-state index in [1.807, 2.05) is 18.2 Å². The summed E-state index contributed by atoms with van der Waals surface area (Å²) in [6, 6.07) is 6.34. The molecule has 0 spiro atoms. The third kappa shape index (κ3) is 3.92. The van der Waals surface area contributed by atoms with Crippen LogP contribution in [0.4, 0.5) is 0 Å². The molecule has 0 aliphatic carbocycles. The van der Waals surface area contributed by atoms with Crippen LogP contribution in [-0.4, -0.2) is 34.8 Å². The van der Waals surface area contributed by atoms with Gasteiger partial charge in [-0.25, -0.2) is 4.68 Å². The average molecular weight is 386 g/mol. The van der Waals surface area contributed by atoms with Gasteiger partial charge in [0.15, 0.2) is 0 Å². The number of nitrogens with zero attached hydrogens (tertiary/aromatic N) is 3. The predicted molar refractivity (Wildman–Crippen MR) is 111 cm³/mol. The molecule has 0 N–H and O–H groups in total. The van der Waals surface area contributed by atoms with Crippen molar-refractivity contribution >= 4 is 22.4 Å². The van der Waals surface area contributed by atoms with Crippen molar-refractivity contribution in [3.63, 3.8) is 0 Å².